The average molecular weight is 472 g/mol. The molecule has 0 saturated heterocycles. The van der Waals surface area contributed by atoms with E-state index in [0.29, 0.717) is 11.4 Å². The number of methoxy groups -OCH3 is 1. The van der Waals surface area contributed by atoms with Crippen LogP contribution in [-0.2, 0) is 10.0 Å². The van der Waals surface area contributed by atoms with Crippen LogP contribution in [-0.4, -0.2) is 31.5 Å². The van der Waals surface area contributed by atoms with Crippen LogP contribution >= 0.6 is 0 Å². The fourth-order valence-corrected chi connectivity index (χ4v) is 4.78. The number of sulfonamides is 1. The fourth-order valence-electron chi connectivity index (χ4n) is 3.17. The maximum atomic E-state index is 13.6. The zero-order valence-electron chi connectivity index (χ0n) is 17.6. The molecule has 1 unspecified atom stereocenters. The van der Waals surface area contributed by atoms with Crippen molar-refractivity contribution in [1.82, 2.24) is 0 Å². The molecule has 1 atom stereocenters. The average Bonchev–Trinajstić information content (AvgIpc) is 2.79. The summed E-state index contributed by atoms with van der Waals surface area (Å²) in [4.78, 5) is 20.8. The number of nitro groups is 2. The molecule has 0 amide bonds. The lowest BCUT2D eigenvalue weighted by atomic mass is 10.2. The van der Waals surface area contributed by atoms with Gasteiger partial charge in [-0.05, 0) is 43.3 Å². The van der Waals surface area contributed by atoms with Gasteiger partial charge in [-0.3, -0.25) is 20.2 Å². The Morgan fingerprint density at radius 3 is 2.06 bits per heavy atom. The number of benzene rings is 3. The molecule has 3 aromatic rings. The standard InChI is InChI=1S/C21H20N4O7S/c1-15(22-16-9-11-20(32-2)12-10-16)23(17-5-3-6-18(13-17)24(26)27)33(30,31)21-8-4-7-19(14-21)25(28)29/h3-15,22H,1-2H3. The van der Waals surface area contributed by atoms with Crippen molar-refractivity contribution in [3.8, 4) is 5.75 Å². The van der Waals surface area contributed by atoms with Crippen molar-refractivity contribution in [2.24, 2.45) is 0 Å². The number of nitrogens with zero attached hydrogens (tertiary/aromatic N) is 3. The Hall–Kier alpha value is -4.19. The van der Waals surface area contributed by atoms with Gasteiger partial charge in [0.2, 0.25) is 0 Å². The van der Waals surface area contributed by atoms with Gasteiger partial charge < -0.3 is 10.1 Å². The van der Waals surface area contributed by atoms with E-state index in [1.165, 1.54) is 43.5 Å². The molecule has 0 aliphatic carbocycles. The van der Waals surface area contributed by atoms with Gasteiger partial charge in [0.05, 0.1) is 27.5 Å². The first kappa shape index (κ1) is 23.5. The summed E-state index contributed by atoms with van der Waals surface area (Å²) in [6.07, 6.45) is -0.926. The zero-order chi connectivity index (χ0) is 24.2. The van der Waals surface area contributed by atoms with Gasteiger partial charge in [0.25, 0.3) is 21.4 Å². The van der Waals surface area contributed by atoms with Crippen molar-refractivity contribution in [2.75, 3.05) is 16.7 Å². The molecule has 0 aliphatic heterocycles. The molecule has 0 bridgehead atoms. The van der Waals surface area contributed by atoms with Gasteiger partial charge >= 0.3 is 0 Å². The van der Waals surface area contributed by atoms with Crippen LogP contribution in [0.25, 0.3) is 0 Å². The molecule has 3 rings (SSSR count). The quantitative estimate of drug-likeness (QED) is 0.277. The van der Waals surface area contributed by atoms with Gasteiger partial charge in [-0.1, -0.05) is 12.1 Å². The van der Waals surface area contributed by atoms with Crippen LogP contribution in [0.1, 0.15) is 6.92 Å². The number of anilines is 2. The minimum Gasteiger partial charge on any atom is -0.497 e. The lowest BCUT2D eigenvalue weighted by Crippen LogP contribution is -2.43. The predicted molar refractivity (Wildman–Crippen MR) is 122 cm³/mol. The second-order valence-corrected chi connectivity index (χ2v) is 8.70. The van der Waals surface area contributed by atoms with Crippen molar-refractivity contribution in [3.05, 3.63) is 93.0 Å². The number of hydrogen-bond acceptors (Lipinski definition) is 8. The lowest BCUT2D eigenvalue weighted by Gasteiger charge is -2.31. The number of nitrogens with one attached hydrogen (secondary N) is 1. The van der Waals surface area contributed by atoms with E-state index in [-0.39, 0.29) is 16.3 Å². The summed E-state index contributed by atoms with van der Waals surface area (Å²) in [5.74, 6) is 0.605. The Bertz CT molecular complexity index is 1280. The third kappa shape index (κ3) is 5.18. The van der Waals surface area contributed by atoms with E-state index < -0.39 is 31.7 Å². The molecule has 0 aromatic heterocycles. The van der Waals surface area contributed by atoms with Crippen LogP contribution in [0.15, 0.2) is 77.7 Å². The highest BCUT2D eigenvalue weighted by atomic mass is 32.2. The normalized spacial score (nSPS) is 11.9. The van der Waals surface area contributed by atoms with Crippen molar-refractivity contribution in [2.45, 2.75) is 18.0 Å². The van der Waals surface area contributed by atoms with E-state index in [2.05, 4.69) is 5.32 Å². The third-order valence-corrected chi connectivity index (χ3v) is 6.59. The fraction of sp³-hybridized carbons (Fsp3) is 0.143. The molecule has 12 heteroatoms. The molecule has 0 heterocycles. The second-order valence-electron chi connectivity index (χ2n) is 6.88. The maximum Gasteiger partial charge on any atom is 0.271 e. The Balaban J connectivity index is 2.09. The van der Waals surface area contributed by atoms with Crippen molar-refractivity contribution in [1.29, 1.82) is 0 Å². The molecule has 0 aliphatic rings. The van der Waals surface area contributed by atoms with E-state index in [1.54, 1.807) is 31.2 Å². The minimum absolute atomic E-state index is 0.0178. The minimum atomic E-state index is -4.37. The Morgan fingerprint density at radius 2 is 1.48 bits per heavy atom. The monoisotopic (exact) mass is 472 g/mol. The number of non-ortho nitro benzene ring substituents is 2. The highest BCUT2D eigenvalue weighted by Crippen LogP contribution is 2.31. The topological polar surface area (TPSA) is 145 Å². The molecule has 172 valence electrons. The molecule has 0 fully saturated rings. The summed E-state index contributed by atoms with van der Waals surface area (Å²) in [5, 5.41) is 25.5. The Kier molecular flexibility index (Phi) is 6.78. The molecule has 1 N–H and O–H groups in total. The van der Waals surface area contributed by atoms with Crippen LogP contribution in [0.2, 0.25) is 0 Å². The van der Waals surface area contributed by atoms with Gasteiger partial charge in [0, 0.05) is 30.0 Å². The van der Waals surface area contributed by atoms with Gasteiger partial charge in [0.15, 0.2) is 0 Å². The molecule has 11 nitrogen and oxygen atoms in total. The molecule has 33 heavy (non-hydrogen) atoms. The summed E-state index contributed by atoms with van der Waals surface area (Å²) in [7, 11) is -2.85. The molecular weight excluding hydrogens is 452 g/mol. The first-order chi connectivity index (χ1) is 15.6. The Labute approximate surface area is 189 Å². The van der Waals surface area contributed by atoms with E-state index in [9.17, 15) is 28.6 Å². The zero-order valence-corrected chi connectivity index (χ0v) is 18.4. The molecule has 0 spiro atoms. The maximum absolute atomic E-state index is 13.6. The number of ether oxygens (including phenoxy) is 1. The first-order valence-electron chi connectivity index (χ1n) is 9.57. The van der Waals surface area contributed by atoms with E-state index in [4.69, 9.17) is 4.74 Å². The predicted octanol–water partition coefficient (Wildman–Crippen LogP) is 4.17. The highest BCUT2D eigenvalue weighted by Gasteiger charge is 2.31. The van der Waals surface area contributed by atoms with Gasteiger partial charge in [0.1, 0.15) is 11.9 Å². The molecule has 3 aromatic carbocycles. The van der Waals surface area contributed by atoms with Crippen LogP contribution in [0.5, 0.6) is 5.75 Å². The molecular formula is C21H20N4O7S. The number of hydrogen-bond donors (Lipinski definition) is 1. The summed E-state index contributed by atoms with van der Waals surface area (Å²) in [6, 6.07) is 16.5. The summed E-state index contributed by atoms with van der Waals surface area (Å²) in [6.45, 7) is 1.55. The van der Waals surface area contributed by atoms with Crippen molar-refractivity contribution in [3.63, 3.8) is 0 Å². The lowest BCUT2D eigenvalue weighted by molar-refractivity contribution is -0.385. The van der Waals surface area contributed by atoms with Crippen LogP contribution in [0.3, 0.4) is 0 Å². The van der Waals surface area contributed by atoms with Crippen LogP contribution in [0, 0.1) is 20.2 Å². The summed E-state index contributed by atoms with van der Waals surface area (Å²) in [5.41, 5.74) is -0.119. The van der Waals surface area contributed by atoms with Crippen molar-refractivity contribution >= 4 is 32.8 Å². The molecule has 0 radical (unpaired) electrons. The third-order valence-electron chi connectivity index (χ3n) is 4.70. The van der Waals surface area contributed by atoms with Crippen LogP contribution in [0.4, 0.5) is 22.7 Å². The van der Waals surface area contributed by atoms with Crippen LogP contribution < -0.4 is 14.4 Å². The highest BCUT2D eigenvalue weighted by molar-refractivity contribution is 7.92. The smallest absolute Gasteiger partial charge is 0.271 e. The van der Waals surface area contributed by atoms with E-state index in [0.717, 1.165) is 16.4 Å². The summed E-state index contributed by atoms with van der Waals surface area (Å²) < 4.78 is 33.3. The van der Waals surface area contributed by atoms with E-state index in [1.807, 2.05) is 0 Å². The SMILES string of the molecule is COc1ccc(NC(C)N(c2cccc([N+](=O)[O-])c2)S(=O)(=O)c2cccc([N+](=O)[O-])c2)cc1. The second kappa shape index (κ2) is 9.53. The summed E-state index contributed by atoms with van der Waals surface area (Å²) >= 11 is 0. The van der Waals surface area contributed by atoms with E-state index >= 15 is 0 Å². The van der Waals surface area contributed by atoms with Crippen molar-refractivity contribution < 1.29 is 23.0 Å². The molecule has 0 saturated carbocycles. The largest absolute Gasteiger partial charge is 0.497 e. The van der Waals surface area contributed by atoms with Gasteiger partial charge in [-0.2, -0.15) is 0 Å². The first-order valence-corrected chi connectivity index (χ1v) is 11.0. The number of nitro benzene ring substituents is 2. The van der Waals surface area contributed by atoms with Gasteiger partial charge in [-0.25, -0.2) is 12.7 Å². The Morgan fingerprint density at radius 1 is 0.909 bits per heavy atom. The van der Waals surface area contributed by atoms with Gasteiger partial charge in [-0.15, -0.1) is 0 Å². The number of rotatable bonds is 9.